The Kier molecular flexibility index (Phi) is 12.2. The van der Waals surface area contributed by atoms with Crippen molar-refractivity contribution < 1.29 is 0 Å². The molecule has 298 valence electrons. The van der Waals surface area contributed by atoms with E-state index < -0.39 is 0 Å². The van der Waals surface area contributed by atoms with Crippen LogP contribution in [0.5, 0.6) is 0 Å². The summed E-state index contributed by atoms with van der Waals surface area (Å²) in [6.45, 7) is 0. The van der Waals surface area contributed by atoms with Crippen molar-refractivity contribution in [2.24, 2.45) is 0 Å². The summed E-state index contributed by atoms with van der Waals surface area (Å²) in [5.41, 5.74) is 8.98. The number of fused-ring (bicyclic) bond motifs is 8. The summed E-state index contributed by atoms with van der Waals surface area (Å²) in [5, 5.41) is 3.20. The van der Waals surface area contributed by atoms with E-state index in [0.717, 1.165) is 0 Å². The van der Waals surface area contributed by atoms with Crippen LogP contribution in [0, 0.1) is 0 Å². The SMILES string of the molecule is Clc1cccc(Cl)c1-c1c2nc(c(-c3c(Cl)cccc3Cl)c3ccc([nH]3)c(-c3c(Cl)cccc3Cl)c3nc(c(-c4c(Cl)cccc4Cl)c4ccc1[nH]4)C(Br)=C3Br)C(Br)=C2Br. The summed E-state index contributed by atoms with van der Waals surface area (Å²) in [6, 6.07) is 29.0. The van der Waals surface area contributed by atoms with Crippen molar-refractivity contribution in [1.29, 1.82) is 0 Å². The number of aromatic amines is 2. The highest BCUT2D eigenvalue weighted by Crippen LogP contribution is 2.53. The highest BCUT2D eigenvalue weighted by Gasteiger charge is 2.31. The molecule has 4 aromatic carbocycles. The number of halogens is 12. The molecule has 16 heteroatoms. The van der Waals surface area contributed by atoms with Gasteiger partial charge in [0.1, 0.15) is 0 Å². The van der Waals surface area contributed by atoms with E-state index in [-0.39, 0.29) is 0 Å². The van der Waals surface area contributed by atoms with Gasteiger partial charge in [-0.15, -0.1) is 0 Å². The van der Waals surface area contributed by atoms with E-state index in [2.05, 4.69) is 73.7 Å². The first kappa shape index (κ1) is 43.0. The molecule has 5 heterocycles. The number of hydrogen-bond acceptors (Lipinski definition) is 2. The van der Waals surface area contributed by atoms with Crippen molar-refractivity contribution in [3.63, 3.8) is 0 Å². The van der Waals surface area contributed by atoms with Gasteiger partial charge in [-0.1, -0.05) is 117 Å². The molecular weight excluding hydrogens is 1190 g/mol. The zero-order chi connectivity index (χ0) is 42.3. The molecule has 0 saturated heterocycles. The minimum Gasteiger partial charge on any atom is -0.354 e. The summed E-state index contributed by atoms with van der Waals surface area (Å²) in [5.74, 6) is 0. The van der Waals surface area contributed by atoms with Gasteiger partial charge in [-0.3, -0.25) is 0 Å². The Labute approximate surface area is 416 Å². The van der Waals surface area contributed by atoms with Crippen molar-refractivity contribution in [3.8, 4) is 44.5 Å². The molecule has 9 rings (SSSR count). The molecule has 3 aromatic heterocycles. The third-order valence-electron chi connectivity index (χ3n) is 9.91. The Hall–Kier alpha value is -2.28. The smallest absolute Gasteiger partial charge is 0.0892 e. The van der Waals surface area contributed by atoms with E-state index in [1.54, 1.807) is 72.8 Å². The summed E-state index contributed by atoms with van der Waals surface area (Å²) < 4.78 is 2.44. The van der Waals surface area contributed by atoms with Crippen molar-refractivity contribution in [2.45, 2.75) is 0 Å². The van der Waals surface area contributed by atoms with Gasteiger partial charge in [0, 0.05) is 66.6 Å². The summed E-state index contributed by atoms with van der Waals surface area (Å²) >= 11 is 71.9. The summed E-state index contributed by atoms with van der Waals surface area (Å²) in [4.78, 5) is 18.0. The molecule has 8 bridgehead atoms. The second-order valence-corrected chi connectivity index (χ2v) is 19.8. The average molecular weight is 1210 g/mol. The van der Waals surface area contributed by atoms with E-state index in [9.17, 15) is 0 Å². The molecule has 0 aliphatic carbocycles. The van der Waals surface area contributed by atoms with E-state index in [0.29, 0.717) is 147 Å². The highest BCUT2D eigenvalue weighted by molar-refractivity contribution is 9.18. The lowest BCUT2D eigenvalue weighted by atomic mass is 10.0. The van der Waals surface area contributed by atoms with Crippen molar-refractivity contribution in [3.05, 3.63) is 160 Å². The number of aromatic nitrogens is 4. The lowest BCUT2D eigenvalue weighted by Gasteiger charge is -2.11. The first-order valence-electron chi connectivity index (χ1n) is 17.5. The molecule has 0 radical (unpaired) electrons. The van der Waals surface area contributed by atoms with Gasteiger partial charge >= 0.3 is 0 Å². The lowest BCUT2D eigenvalue weighted by molar-refractivity contribution is 1.31. The van der Waals surface area contributed by atoms with Crippen LogP contribution in [0.1, 0.15) is 22.8 Å². The van der Waals surface area contributed by atoms with Crippen LogP contribution in [-0.4, -0.2) is 19.9 Å². The van der Waals surface area contributed by atoms with Crippen LogP contribution in [-0.2, 0) is 0 Å². The number of nitrogens with zero attached hydrogens (tertiary/aromatic N) is 2. The number of H-pyrrole nitrogens is 2. The second-order valence-electron chi connectivity index (χ2n) is 13.3. The molecule has 2 N–H and O–H groups in total. The molecule has 0 unspecified atom stereocenters. The zero-order valence-electron chi connectivity index (χ0n) is 29.7. The molecule has 7 aromatic rings. The van der Waals surface area contributed by atoms with Gasteiger partial charge in [0.15, 0.2) is 0 Å². The molecule has 4 nitrogen and oxygen atoms in total. The van der Waals surface area contributed by atoms with E-state index in [1.165, 1.54) is 0 Å². The van der Waals surface area contributed by atoms with E-state index in [1.807, 2.05) is 24.3 Å². The number of hydrogen-bond donors (Lipinski definition) is 2. The Morgan fingerprint density at radius 1 is 0.283 bits per heavy atom. The molecule has 0 spiro atoms. The van der Waals surface area contributed by atoms with Crippen LogP contribution in [0.25, 0.3) is 84.5 Å². The van der Waals surface area contributed by atoms with Crippen LogP contribution in [0.15, 0.2) is 97.1 Å². The fraction of sp³-hybridized carbons (Fsp3) is 0. The normalized spacial score (nSPS) is 12.9. The first-order chi connectivity index (χ1) is 28.8. The third-order valence-corrected chi connectivity index (χ3v) is 16.6. The zero-order valence-corrected chi connectivity index (χ0v) is 42.1. The monoisotopic (exact) mass is 1200 g/mol. The standard InChI is InChI=1S/C44H18Br4Cl8N4/c45-37-38(46)42-35(31-21(53)9-3-10-22(31)54)27-15-16-28(58-27)36(32-23(55)11-4-12-24(32)56)44-40(48)39(47)43(60-44)34(30-19(51)7-2-8-20(30)52)26-14-13-25(57-26)33(41(37)59-42)29-17(49)5-1-6-18(29)50/h1-16,57-58H. The van der Waals surface area contributed by atoms with E-state index in [4.69, 9.17) is 103 Å². The van der Waals surface area contributed by atoms with Gasteiger partial charge in [-0.25, -0.2) is 9.97 Å². The van der Waals surface area contributed by atoms with Crippen molar-refractivity contribution >= 4 is 197 Å². The summed E-state index contributed by atoms with van der Waals surface area (Å²) in [6.07, 6.45) is 0. The van der Waals surface area contributed by atoms with Gasteiger partial charge in [0.2, 0.25) is 0 Å². The number of benzene rings is 4. The van der Waals surface area contributed by atoms with Crippen LogP contribution in [0.3, 0.4) is 0 Å². The Morgan fingerprint density at radius 2 is 0.467 bits per heavy atom. The molecule has 2 aliphatic heterocycles. The minimum absolute atomic E-state index is 0.400. The molecular formula is C44H18Br4Cl8N4. The maximum atomic E-state index is 7.04. The third kappa shape index (κ3) is 7.25. The fourth-order valence-corrected chi connectivity index (χ4v) is 11.6. The maximum Gasteiger partial charge on any atom is 0.0892 e. The average Bonchev–Trinajstić information content (AvgIpc) is 4.00. The van der Waals surface area contributed by atoms with Crippen LogP contribution in [0.2, 0.25) is 40.2 Å². The number of nitrogens with one attached hydrogen (secondary N) is 2. The predicted molar refractivity (Wildman–Crippen MR) is 272 cm³/mol. The molecule has 0 atom stereocenters. The van der Waals surface area contributed by atoms with Crippen LogP contribution < -0.4 is 0 Å². The van der Waals surface area contributed by atoms with Crippen LogP contribution >= 0.6 is 157 Å². The van der Waals surface area contributed by atoms with Crippen LogP contribution in [0.4, 0.5) is 0 Å². The van der Waals surface area contributed by atoms with Gasteiger partial charge < -0.3 is 9.97 Å². The molecule has 0 amide bonds. The second kappa shape index (κ2) is 17.0. The molecule has 0 saturated carbocycles. The Bertz CT molecular complexity index is 2760. The Balaban J connectivity index is 1.62. The largest absolute Gasteiger partial charge is 0.354 e. The molecule has 60 heavy (non-hydrogen) atoms. The fourth-order valence-electron chi connectivity index (χ4n) is 7.34. The van der Waals surface area contributed by atoms with Gasteiger partial charge in [-0.05, 0) is 137 Å². The molecule has 0 fully saturated rings. The van der Waals surface area contributed by atoms with E-state index >= 15 is 0 Å². The highest BCUT2D eigenvalue weighted by atomic mass is 79.9. The topological polar surface area (TPSA) is 57.4 Å². The Morgan fingerprint density at radius 3 is 0.650 bits per heavy atom. The maximum absolute atomic E-state index is 7.04. The van der Waals surface area contributed by atoms with Crippen molar-refractivity contribution in [2.75, 3.05) is 0 Å². The minimum atomic E-state index is 0.400. The summed E-state index contributed by atoms with van der Waals surface area (Å²) in [7, 11) is 0. The lowest BCUT2D eigenvalue weighted by Crippen LogP contribution is -1.93. The van der Waals surface area contributed by atoms with Crippen molar-refractivity contribution in [1.82, 2.24) is 19.9 Å². The molecule has 2 aliphatic rings. The van der Waals surface area contributed by atoms with Gasteiger partial charge in [0.05, 0.1) is 80.9 Å². The predicted octanol–water partition coefficient (Wildman–Crippen LogP) is 19.4. The van der Waals surface area contributed by atoms with Gasteiger partial charge in [0.25, 0.3) is 0 Å². The first-order valence-corrected chi connectivity index (χ1v) is 23.7. The number of rotatable bonds is 4. The van der Waals surface area contributed by atoms with Gasteiger partial charge in [-0.2, -0.15) is 0 Å². The quantitative estimate of drug-likeness (QED) is 0.185.